The van der Waals surface area contributed by atoms with Crippen LogP contribution in [-0.2, 0) is 0 Å². The summed E-state index contributed by atoms with van der Waals surface area (Å²) in [5, 5.41) is 0. The van der Waals surface area contributed by atoms with E-state index >= 15 is 0 Å². The summed E-state index contributed by atoms with van der Waals surface area (Å²) in [6.07, 6.45) is 5.04. The monoisotopic (exact) mass is 177 g/mol. The van der Waals surface area contributed by atoms with Gasteiger partial charge in [0.15, 0.2) is 0 Å². The van der Waals surface area contributed by atoms with Crippen molar-refractivity contribution in [2.45, 2.75) is 44.1 Å². The van der Waals surface area contributed by atoms with Gasteiger partial charge in [-0.2, -0.15) is 0 Å². The van der Waals surface area contributed by atoms with E-state index in [1.54, 1.807) is 0 Å². The predicted molar refractivity (Wildman–Crippen MR) is 53.7 cm³/mol. The maximum absolute atomic E-state index is 5.21. The Morgan fingerprint density at radius 2 is 2.00 bits per heavy atom. The normalized spacial score (nSPS) is 13.5. The van der Waals surface area contributed by atoms with Crippen molar-refractivity contribution in [2.24, 2.45) is 0 Å². The average molecular weight is 177 g/mol. The highest BCUT2D eigenvalue weighted by Gasteiger charge is 2.00. The van der Waals surface area contributed by atoms with E-state index in [1.807, 2.05) is 11.8 Å². The van der Waals surface area contributed by atoms with Gasteiger partial charge < -0.3 is 0 Å². The van der Waals surface area contributed by atoms with Gasteiger partial charge in [-0.15, -0.1) is 11.8 Å². The Morgan fingerprint density at radius 1 is 1.30 bits per heavy atom. The van der Waals surface area contributed by atoms with Gasteiger partial charge in [-0.05, 0) is 18.6 Å². The van der Waals surface area contributed by atoms with Crippen LogP contribution in [0, 0.1) is 0 Å². The van der Waals surface area contributed by atoms with Gasteiger partial charge >= 0.3 is 0 Å². The summed E-state index contributed by atoms with van der Waals surface area (Å²) in [7, 11) is 0. The Balaban J connectivity index is 2.97. The van der Waals surface area contributed by atoms with Crippen LogP contribution in [0.5, 0.6) is 0 Å². The minimum Gasteiger partial charge on any atom is -0.147 e. The molecule has 0 N–H and O–H groups in total. The van der Waals surface area contributed by atoms with Gasteiger partial charge in [-0.3, -0.25) is 0 Å². The first-order valence-corrected chi connectivity index (χ1v) is 5.60. The molecule has 0 amide bonds. The molecule has 0 nitrogen and oxygen atoms in total. The summed E-state index contributed by atoms with van der Waals surface area (Å²) in [4.78, 5) is 0. The molecule has 1 radical (unpaired) electrons. The lowest BCUT2D eigenvalue weighted by atomic mass is 10.4. The third-order valence-corrected chi connectivity index (χ3v) is 3.10. The molecule has 0 bridgehead atoms. The molecule has 0 heterocycles. The van der Waals surface area contributed by atoms with E-state index in [1.165, 1.54) is 31.4 Å². The highest BCUT2D eigenvalue weighted by molar-refractivity contribution is 8.10. The summed E-state index contributed by atoms with van der Waals surface area (Å²) >= 11 is 7.15. The fourth-order valence-electron chi connectivity index (χ4n) is 0.678. The van der Waals surface area contributed by atoms with Crippen LogP contribution < -0.4 is 0 Å². The van der Waals surface area contributed by atoms with Crippen molar-refractivity contribution in [2.75, 3.05) is 5.75 Å². The fourth-order valence-corrected chi connectivity index (χ4v) is 2.32. The van der Waals surface area contributed by atoms with E-state index < -0.39 is 0 Å². The molecule has 1 unspecified atom stereocenters. The third kappa shape index (κ3) is 6.81. The van der Waals surface area contributed by atoms with Gasteiger partial charge in [-0.25, -0.2) is 0 Å². The van der Waals surface area contributed by atoms with Crippen molar-refractivity contribution >= 4 is 24.4 Å². The van der Waals surface area contributed by atoms with Gasteiger partial charge in [0.2, 0.25) is 0 Å². The van der Waals surface area contributed by atoms with Gasteiger partial charge in [0.1, 0.15) is 0 Å². The van der Waals surface area contributed by atoms with Crippen molar-refractivity contribution in [3.8, 4) is 0 Å². The second kappa shape index (κ2) is 7.80. The van der Waals surface area contributed by atoms with Crippen molar-refractivity contribution in [1.82, 2.24) is 0 Å². The maximum Gasteiger partial charge on any atom is 0.0606 e. The number of rotatable bonds is 6. The lowest BCUT2D eigenvalue weighted by Crippen LogP contribution is -1.92. The van der Waals surface area contributed by atoms with E-state index in [-0.39, 0.29) is 0 Å². The molecule has 1 atom stereocenters. The Labute approximate surface area is 74.6 Å². The molecule has 0 rings (SSSR count). The Hall–Kier alpha value is 0.700. The predicted octanol–water partition coefficient (Wildman–Crippen LogP) is 3.84. The molecule has 0 aliphatic heterocycles. The van der Waals surface area contributed by atoms with Crippen molar-refractivity contribution in [3.63, 3.8) is 0 Å². The molecule has 0 aromatic heterocycles. The topological polar surface area (TPSA) is 0 Å². The zero-order valence-corrected chi connectivity index (χ0v) is 8.56. The first-order valence-electron chi connectivity index (χ1n) is 4.08. The van der Waals surface area contributed by atoms with Crippen LogP contribution in [0.2, 0.25) is 0 Å². The maximum atomic E-state index is 5.21. The Kier molecular flexibility index (Phi) is 8.35. The van der Waals surface area contributed by atoms with Crippen LogP contribution in [0.25, 0.3) is 0 Å². The molecule has 0 spiro atoms. The highest BCUT2D eigenvalue weighted by atomic mass is 32.2. The van der Waals surface area contributed by atoms with Crippen LogP contribution in [0.3, 0.4) is 0 Å². The van der Waals surface area contributed by atoms with Crippen molar-refractivity contribution in [1.29, 1.82) is 0 Å². The molecule has 2 heteroatoms. The van der Waals surface area contributed by atoms with Gasteiger partial charge in [0, 0.05) is 0 Å². The molecule has 0 aromatic carbocycles. The van der Waals surface area contributed by atoms with Crippen LogP contribution in [-0.4, -0.2) is 10.3 Å². The molecule has 0 saturated heterocycles. The highest BCUT2D eigenvalue weighted by Crippen LogP contribution is 2.20. The first kappa shape index (κ1) is 10.7. The second-order valence-electron chi connectivity index (χ2n) is 2.44. The Bertz CT molecular complexity index is 64.3. The molecule has 0 aliphatic rings. The molecular weight excluding hydrogens is 160 g/mol. The number of hydrogen-bond donors (Lipinski definition) is 0. The number of unbranched alkanes of at least 4 members (excludes halogenated alkanes) is 1. The van der Waals surface area contributed by atoms with Crippen LogP contribution in [0.4, 0.5) is 0 Å². The lowest BCUT2D eigenvalue weighted by Gasteiger charge is -2.05. The molecule has 0 aliphatic carbocycles. The van der Waals surface area contributed by atoms with Gasteiger partial charge in [-0.1, -0.05) is 39.3 Å². The molecule has 0 saturated carbocycles. The molecule has 10 heavy (non-hydrogen) atoms. The molecular formula is C8H17S2. The smallest absolute Gasteiger partial charge is 0.0606 e. The summed E-state index contributed by atoms with van der Waals surface area (Å²) in [6, 6.07) is 0. The first-order chi connectivity index (χ1) is 4.81. The Morgan fingerprint density at radius 3 is 2.50 bits per heavy atom. The summed E-state index contributed by atoms with van der Waals surface area (Å²) in [6.45, 7) is 4.42. The van der Waals surface area contributed by atoms with Gasteiger partial charge in [0.05, 0.1) is 4.58 Å². The summed E-state index contributed by atoms with van der Waals surface area (Å²) in [5.74, 6) is 1.25. The zero-order valence-electron chi connectivity index (χ0n) is 6.93. The summed E-state index contributed by atoms with van der Waals surface area (Å²) < 4.78 is 0.469. The molecule has 0 aromatic rings. The lowest BCUT2D eigenvalue weighted by molar-refractivity contribution is 0.862. The number of hydrogen-bond acceptors (Lipinski definition) is 1. The van der Waals surface area contributed by atoms with E-state index in [9.17, 15) is 0 Å². The standard InChI is InChI=1S/C8H17S2/c1-3-5-7-10-8(9)6-4-2/h8H,3-7H2,1-2H3. The van der Waals surface area contributed by atoms with Crippen LogP contribution in [0.15, 0.2) is 0 Å². The minimum atomic E-state index is 0.469. The SMILES string of the molecule is CCCCSC([S])CCC. The van der Waals surface area contributed by atoms with Crippen LogP contribution in [0.1, 0.15) is 39.5 Å². The average Bonchev–Trinajstić information content (AvgIpc) is 1.89. The van der Waals surface area contributed by atoms with Crippen LogP contribution >= 0.6 is 24.4 Å². The zero-order chi connectivity index (χ0) is 7.82. The van der Waals surface area contributed by atoms with E-state index in [0.29, 0.717) is 4.58 Å². The largest absolute Gasteiger partial charge is 0.147 e. The minimum absolute atomic E-state index is 0.469. The molecule has 61 valence electrons. The van der Waals surface area contributed by atoms with E-state index in [0.717, 1.165) is 0 Å². The quantitative estimate of drug-likeness (QED) is 0.555. The van der Waals surface area contributed by atoms with Gasteiger partial charge in [0.25, 0.3) is 0 Å². The molecule has 0 fully saturated rings. The van der Waals surface area contributed by atoms with E-state index in [4.69, 9.17) is 12.6 Å². The summed E-state index contributed by atoms with van der Waals surface area (Å²) in [5.41, 5.74) is 0. The second-order valence-corrected chi connectivity index (χ2v) is 4.62. The third-order valence-electron chi connectivity index (χ3n) is 1.33. The van der Waals surface area contributed by atoms with Crippen molar-refractivity contribution in [3.05, 3.63) is 0 Å². The van der Waals surface area contributed by atoms with Crippen molar-refractivity contribution < 1.29 is 0 Å². The fraction of sp³-hybridized carbons (Fsp3) is 1.00. The van der Waals surface area contributed by atoms with E-state index in [2.05, 4.69) is 13.8 Å². The number of thioether (sulfide) groups is 1.